The summed E-state index contributed by atoms with van der Waals surface area (Å²) in [7, 11) is 0. The number of carboxylic acids is 1. The van der Waals surface area contributed by atoms with Crippen LogP contribution in [-0.4, -0.2) is 17.6 Å². The van der Waals surface area contributed by atoms with E-state index in [4.69, 9.17) is 10.8 Å². The molecule has 0 saturated heterocycles. The van der Waals surface area contributed by atoms with Crippen LogP contribution in [0.5, 0.6) is 0 Å². The van der Waals surface area contributed by atoms with E-state index >= 15 is 0 Å². The number of carbonyl (C=O) groups is 1. The zero-order valence-corrected chi connectivity index (χ0v) is 8.98. The van der Waals surface area contributed by atoms with Gasteiger partial charge in [-0.2, -0.15) is 0 Å². The molecular formula is C12H19NO2. The van der Waals surface area contributed by atoms with E-state index in [1.165, 1.54) is 25.7 Å². The summed E-state index contributed by atoms with van der Waals surface area (Å²) in [5.41, 5.74) is 5.87. The Hall–Kier alpha value is -0.570. The molecule has 5 unspecified atom stereocenters. The number of hydrogen-bond acceptors (Lipinski definition) is 2. The standard InChI is InChI=1S/C12H19NO2/c13-6-12(5-11(14)15)9-2-1-7-3-8(9)10(12)4-7/h7-10H,1-6,13H2,(H,14,15). The maximum absolute atomic E-state index is 11.0. The minimum Gasteiger partial charge on any atom is -0.481 e. The van der Waals surface area contributed by atoms with E-state index in [0.29, 0.717) is 24.8 Å². The molecule has 0 amide bonds. The van der Waals surface area contributed by atoms with E-state index in [-0.39, 0.29) is 5.41 Å². The lowest BCUT2D eigenvalue weighted by atomic mass is 9.45. The molecule has 3 N–H and O–H groups in total. The highest BCUT2D eigenvalue weighted by Crippen LogP contribution is 2.70. The Morgan fingerprint density at radius 3 is 2.80 bits per heavy atom. The third kappa shape index (κ3) is 1.07. The van der Waals surface area contributed by atoms with Crippen molar-refractivity contribution in [1.29, 1.82) is 0 Å². The summed E-state index contributed by atoms with van der Waals surface area (Å²) in [5, 5.41) is 9.04. The number of carboxylic acid groups (broad SMARTS) is 1. The number of aliphatic carboxylic acids is 1. The molecule has 0 aromatic heterocycles. The molecule has 0 spiro atoms. The van der Waals surface area contributed by atoms with Gasteiger partial charge in [-0.05, 0) is 54.9 Å². The molecule has 0 radical (unpaired) electrons. The summed E-state index contributed by atoms with van der Waals surface area (Å²) in [6, 6.07) is 0. The summed E-state index contributed by atoms with van der Waals surface area (Å²) < 4.78 is 0. The first-order valence-corrected chi connectivity index (χ1v) is 6.09. The van der Waals surface area contributed by atoms with Gasteiger partial charge in [0.15, 0.2) is 0 Å². The Balaban J connectivity index is 1.88. The lowest BCUT2D eigenvalue weighted by molar-refractivity contribution is -0.156. The number of fused-ring (bicyclic) bond motifs is 1. The molecule has 3 nitrogen and oxygen atoms in total. The molecule has 0 aromatic carbocycles. The smallest absolute Gasteiger partial charge is 0.303 e. The second kappa shape index (κ2) is 2.97. The SMILES string of the molecule is NCC1(CC(=O)O)C2CCC3CC2C1C3. The van der Waals surface area contributed by atoms with Crippen molar-refractivity contribution < 1.29 is 9.90 Å². The van der Waals surface area contributed by atoms with Gasteiger partial charge in [0.2, 0.25) is 0 Å². The van der Waals surface area contributed by atoms with Crippen LogP contribution < -0.4 is 5.73 Å². The first kappa shape index (κ1) is 9.64. The molecule has 5 atom stereocenters. The Morgan fingerprint density at radius 2 is 2.13 bits per heavy atom. The molecule has 3 rings (SSSR count). The summed E-state index contributed by atoms with van der Waals surface area (Å²) >= 11 is 0. The third-order valence-electron chi connectivity index (χ3n) is 5.45. The Morgan fingerprint density at radius 1 is 1.33 bits per heavy atom. The van der Waals surface area contributed by atoms with E-state index in [0.717, 1.165) is 11.8 Å². The minimum atomic E-state index is -0.658. The van der Waals surface area contributed by atoms with Crippen molar-refractivity contribution in [2.45, 2.75) is 32.1 Å². The van der Waals surface area contributed by atoms with Crippen molar-refractivity contribution in [3.05, 3.63) is 0 Å². The summed E-state index contributed by atoms with van der Waals surface area (Å²) in [5.74, 6) is 2.32. The fourth-order valence-corrected chi connectivity index (χ4v) is 4.94. The normalized spacial score (nSPS) is 51.3. The molecule has 2 bridgehead atoms. The second-order valence-electron chi connectivity index (χ2n) is 5.80. The summed E-state index contributed by atoms with van der Waals surface area (Å²) in [6.07, 6.45) is 5.47. The molecule has 3 saturated carbocycles. The van der Waals surface area contributed by atoms with Gasteiger partial charge < -0.3 is 10.8 Å². The van der Waals surface area contributed by atoms with Crippen molar-refractivity contribution in [3.63, 3.8) is 0 Å². The van der Waals surface area contributed by atoms with Gasteiger partial charge in [0.05, 0.1) is 6.42 Å². The van der Waals surface area contributed by atoms with Crippen LogP contribution in [0.2, 0.25) is 0 Å². The van der Waals surface area contributed by atoms with Crippen molar-refractivity contribution in [3.8, 4) is 0 Å². The van der Waals surface area contributed by atoms with Crippen LogP contribution in [0.4, 0.5) is 0 Å². The molecule has 0 aromatic rings. The number of hydrogen-bond donors (Lipinski definition) is 2. The monoisotopic (exact) mass is 209 g/mol. The van der Waals surface area contributed by atoms with Gasteiger partial charge in [-0.3, -0.25) is 4.79 Å². The van der Waals surface area contributed by atoms with E-state index in [9.17, 15) is 4.79 Å². The molecule has 0 aliphatic heterocycles. The van der Waals surface area contributed by atoms with Crippen molar-refractivity contribution in [2.24, 2.45) is 34.8 Å². The average Bonchev–Trinajstić information content (AvgIpc) is 2.40. The van der Waals surface area contributed by atoms with Gasteiger partial charge in [-0.25, -0.2) is 0 Å². The Labute approximate surface area is 90.0 Å². The molecule has 3 aliphatic rings. The molecule has 3 fully saturated rings. The zero-order chi connectivity index (χ0) is 10.6. The lowest BCUT2D eigenvalue weighted by Crippen LogP contribution is -2.59. The maximum Gasteiger partial charge on any atom is 0.303 e. The molecule has 0 heterocycles. The highest BCUT2D eigenvalue weighted by atomic mass is 16.4. The highest BCUT2D eigenvalue weighted by Gasteiger charge is 2.65. The average molecular weight is 209 g/mol. The van der Waals surface area contributed by atoms with E-state index in [2.05, 4.69) is 0 Å². The van der Waals surface area contributed by atoms with Gasteiger partial charge >= 0.3 is 5.97 Å². The van der Waals surface area contributed by atoms with Gasteiger partial charge in [0.25, 0.3) is 0 Å². The fraction of sp³-hybridized carbons (Fsp3) is 0.917. The van der Waals surface area contributed by atoms with Crippen LogP contribution >= 0.6 is 0 Å². The first-order chi connectivity index (χ1) is 7.17. The van der Waals surface area contributed by atoms with Crippen LogP contribution in [0, 0.1) is 29.1 Å². The molecule has 15 heavy (non-hydrogen) atoms. The third-order valence-corrected chi connectivity index (χ3v) is 5.45. The van der Waals surface area contributed by atoms with Crippen LogP contribution in [0.1, 0.15) is 32.1 Å². The van der Waals surface area contributed by atoms with Gasteiger partial charge in [-0.1, -0.05) is 6.42 Å². The highest BCUT2D eigenvalue weighted by molar-refractivity contribution is 5.68. The number of nitrogens with two attached hydrogens (primary N) is 1. The summed E-state index contributed by atoms with van der Waals surface area (Å²) in [6.45, 7) is 0.581. The van der Waals surface area contributed by atoms with E-state index in [1.807, 2.05) is 0 Å². The largest absolute Gasteiger partial charge is 0.481 e. The maximum atomic E-state index is 11.0. The van der Waals surface area contributed by atoms with Gasteiger partial charge in [0, 0.05) is 0 Å². The van der Waals surface area contributed by atoms with Gasteiger partial charge in [0.1, 0.15) is 0 Å². The molecule has 3 aliphatic carbocycles. The van der Waals surface area contributed by atoms with Crippen molar-refractivity contribution in [1.82, 2.24) is 0 Å². The predicted octanol–water partition coefficient (Wildman–Crippen LogP) is 1.47. The van der Waals surface area contributed by atoms with Crippen LogP contribution in [-0.2, 0) is 4.79 Å². The molecule has 84 valence electrons. The quantitative estimate of drug-likeness (QED) is 0.740. The minimum absolute atomic E-state index is 0.0260. The molecule has 3 heteroatoms. The van der Waals surface area contributed by atoms with Crippen LogP contribution in [0.15, 0.2) is 0 Å². The molecular weight excluding hydrogens is 190 g/mol. The van der Waals surface area contributed by atoms with Crippen molar-refractivity contribution in [2.75, 3.05) is 6.54 Å². The van der Waals surface area contributed by atoms with E-state index in [1.54, 1.807) is 0 Å². The van der Waals surface area contributed by atoms with Crippen LogP contribution in [0.3, 0.4) is 0 Å². The lowest BCUT2D eigenvalue weighted by Gasteiger charge is -2.59. The Kier molecular flexibility index (Phi) is 1.91. The predicted molar refractivity (Wildman–Crippen MR) is 56.2 cm³/mol. The second-order valence-corrected chi connectivity index (χ2v) is 5.80. The van der Waals surface area contributed by atoms with Crippen LogP contribution in [0.25, 0.3) is 0 Å². The fourth-order valence-electron chi connectivity index (χ4n) is 4.94. The van der Waals surface area contributed by atoms with Gasteiger partial charge in [-0.15, -0.1) is 0 Å². The first-order valence-electron chi connectivity index (χ1n) is 6.09. The van der Waals surface area contributed by atoms with E-state index < -0.39 is 5.97 Å². The van der Waals surface area contributed by atoms with Crippen molar-refractivity contribution >= 4 is 5.97 Å². The zero-order valence-electron chi connectivity index (χ0n) is 8.98. The summed E-state index contributed by atoms with van der Waals surface area (Å²) in [4.78, 5) is 11.0. The Bertz CT molecular complexity index is 296. The topological polar surface area (TPSA) is 63.3 Å². The number of rotatable bonds is 3.